The molecule has 1 heterocycles. The van der Waals surface area contributed by atoms with Gasteiger partial charge in [0.25, 0.3) is 0 Å². The van der Waals surface area contributed by atoms with Crippen LogP contribution in [0.25, 0.3) is 10.9 Å². The Hall–Kier alpha value is -1.00. The van der Waals surface area contributed by atoms with Crippen molar-refractivity contribution < 1.29 is 8.42 Å². The lowest BCUT2D eigenvalue weighted by molar-refractivity contribution is 0.609. The molecule has 0 radical (unpaired) electrons. The average molecular weight is 272 g/mol. The number of hydrogen-bond donors (Lipinski definition) is 0. The van der Waals surface area contributed by atoms with Crippen LogP contribution < -0.4 is 0 Å². The van der Waals surface area contributed by atoms with Gasteiger partial charge >= 0.3 is 0 Å². The fourth-order valence-electron chi connectivity index (χ4n) is 2.09. The quantitative estimate of drug-likeness (QED) is 0.788. The summed E-state index contributed by atoms with van der Waals surface area (Å²) < 4.78 is 24.2. The second kappa shape index (κ2) is 4.03. The van der Waals surface area contributed by atoms with Crippen LogP contribution >= 0.6 is 10.7 Å². The summed E-state index contributed by atoms with van der Waals surface area (Å²) >= 11 is 0. The second-order valence-electron chi connectivity index (χ2n) is 4.30. The van der Waals surface area contributed by atoms with Gasteiger partial charge in [-0.1, -0.05) is 12.1 Å². The maximum Gasteiger partial charge on any atom is 0.236 e. The van der Waals surface area contributed by atoms with Gasteiger partial charge in [-0.25, -0.2) is 8.42 Å². The molecule has 0 aliphatic rings. The summed E-state index contributed by atoms with van der Waals surface area (Å²) in [4.78, 5) is 0. The van der Waals surface area contributed by atoms with Crippen LogP contribution in [0, 0.1) is 13.8 Å². The van der Waals surface area contributed by atoms with Crippen molar-refractivity contribution in [2.75, 3.05) is 0 Å². The molecule has 2 rings (SSSR count). The van der Waals surface area contributed by atoms with Crippen LogP contribution in [-0.4, -0.2) is 13.0 Å². The highest BCUT2D eigenvalue weighted by atomic mass is 35.7. The fourth-order valence-corrected chi connectivity index (χ4v) is 3.04. The van der Waals surface area contributed by atoms with Gasteiger partial charge in [0.2, 0.25) is 9.05 Å². The van der Waals surface area contributed by atoms with E-state index < -0.39 is 9.05 Å². The molecule has 0 unspecified atom stereocenters. The predicted molar refractivity (Wildman–Crippen MR) is 70.9 cm³/mol. The molecule has 0 saturated heterocycles. The molecule has 3 nitrogen and oxygen atoms in total. The molecule has 0 bridgehead atoms. The van der Waals surface area contributed by atoms with Gasteiger partial charge in [-0.2, -0.15) is 0 Å². The summed E-state index contributed by atoms with van der Waals surface area (Å²) in [5.41, 5.74) is 4.17. The van der Waals surface area contributed by atoms with Crippen molar-refractivity contribution in [1.29, 1.82) is 0 Å². The highest BCUT2D eigenvalue weighted by Crippen LogP contribution is 2.25. The fraction of sp³-hybridized carbons (Fsp3) is 0.333. The average Bonchev–Trinajstić information content (AvgIpc) is 2.42. The number of nitrogens with zero attached hydrogens (tertiary/aromatic N) is 1. The van der Waals surface area contributed by atoms with Crippen LogP contribution in [0.3, 0.4) is 0 Å². The number of benzene rings is 1. The number of rotatable bonds is 2. The molecule has 17 heavy (non-hydrogen) atoms. The Balaban J connectivity index is 2.62. The van der Waals surface area contributed by atoms with E-state index in [1.54, 1.807) is 0 Å². The lowest BCUT2D eigenvalue weighted by atomic mass is 10.1. The zero-order chi connectivity index (χ0) is 12.8. The van der Waals surface area contributed by atoms with Crippen molar-refractivity contribution in [3.05, 3.63) is 35.0 Å². The Labute approximate surface area is 105 Å². The summed E-state index contributed by atoms with van der Waals surface area (Å²) in [6.45, 7) is 4.11. The van der Waals surface area contributed by atoms with E-state index in [4.69, 9.17) is 10.7 Å². The molecule has 0 fully saturated rings. The Bertz CT molecular complexity index is 686. The molecule has 92 valence electrons. The van der Waals surface area contributed by atoms with Gasteiger partial charge in [0.05, 0.1) is 5.75 Å². The van der Waals surface area contributed by atoms with Crippen molar-refractivity contribution in [2.45, 2.75) is 19.6 Å². The molecule has 2 aromatic rings. The minimum absolute atomic E-state index is 0.131. The van der Waals surface area contributed by atoms with E-state index >= 15 is 0 Å². The first kappa shape index (κ1) is 12.5. The zero-order valence-corrected chi connectivity index (χ0v) is 11.6. The molecule has 0 amide bonds. The van der Waals surface area contributed by atoms with E-state index in [1.165, 1.54) is 11.3 Å². The summed E-state index contributed by atoms with van der Waals surface area (Å²) in [5, 5.41) is 1.15. The highest BCUT2D eigenvalue weighted by molar-refractivity contribution is 8.13. The van der Waals surface area contributed by atoms with Gasteiger partial charge < -0.3 is 4.57 Å². The van der Waals surface area contributed by atoms with Crippen molar-refractivity contribution in [2.24, 2.45) is 7.05 Å². The normalized spacial score (nSPS) is 12.2. The van der Waals surface area contributed by atoms with Gasteiger partial charge in [-0.15, -0.1) is 0 Å². The summed E-state index contributed by atoms with van der Waals surface area (Å²) in [6.07, 6.45) is 0. The van der Waals surface area contributed by atoms with Crippen molar-refractivity contribution in [3.63, 3.8) is 0 Å². The summed E-state index contributed by atoms with van der Waals surface area (Å²) in [5.74, 6) is -0.131. The first-order valence-corrected chi connectivity index (χ1v) is 7.74. The molecule has 1 aromatic heterocycles. The highest BCUT2D eigenvalue weighted by Gasteiger charge is 2.11. The largest absolute Gasteiger partial charge is 0.348 e. The van der Waals surface area contributed by atoms with Crippen LogP contribution in [-0.2, 0) is 21.9 Å². The van der Waals surface area contributed by atoms with E-state index in [2.05, 4.69) is 11.5 Å². The van der Waals surface area contributed by atoms with Gasteiger partial charge in [0.15, 0.2) is 0 Å². The number of fused-ring (bicyclic) bond motifs is 1. The Morgan fingerprint density at radius 2 is 1.94 bits per heavy atom. The molecule has 0 aliphatic carbocycles. The maximum atomic E-state index is 11.1. The molecule has 0 N–H and O–H groups in total. The van der Waals surface area contributed by atoms with Gasteiger partial charge in [-0.05, 0) is 31.0 Å². The Kier molecular flexibility index (Phi) is 2.96. The lowest BCUT2D eigenvalue weighted by Gasteiger charge is -2.01. The van der Waals surface area contributed by atoms with E-state index in [-0.39, 0.29) is 5.75 Å². The summed E-state index contributed by atoms with van der Waals surface area (Å²) in [7, 11) is 3.74. The minimum Gasteiger partial charge on any atom is -0.348 e. The third-order valence-corrected chi connectivity index (χ3v) is 4.22. The first-order chi connectivity index (χ1) is 7.79. The first-order valence-electron chi connectivity index (χ1n) is 5.26. The van der Waals surface area contributed by atoms with Gasteiger partial charge in [-0.3, -0.25) is 0 Å². The van der Waals surface area contributed by atoms with Crippen LogP contribution in [0.2, 0.25) is 0 Å². The van der Waals surface area contributed by atoms with E-state index in [1.807, 2.05) is 32.2 Å². The number of halogens is 1. The van der Waals surface area contributed by atoms with E-state index in [0.29, 0.717) is 5.56 Å². The lowest BCUT2D eigenvalue weighted by Crippen LogP contribution is -1.96. The smallest absolute Gasteiger partial charge is 0.236 e. The Morgan fingerprint density at radius 3 is 2.53 bits per heavy atom. The van der Waals surface area contributed by atoms with Crippen LogP contribution in [0.15, 0.2) is 18.2 Å². The van der Waals surface area contributed by atoms with Crippen molar-refractivity contribution >= 4 is 30.6 Å². The number of aromatic nitrogens is 1. The van der Waals surface area contributed by atoms with Gasteiger partial charge in [0, 0.05) is 34.3 Å². The monoisotopic (exact) mass is 271 g/mol. The summed E-state index contributed by atoms with van der Waals surface area (Å²) in [6, 6.07) is 5.65. The standard InChI is InChI=1S/C12H14ClNO2S/c1-8-9(2)14(3)12-6-10(4-5-11(8)12)7-17(13,15)16/h4-6H,7H2,1-3H3. The van der Waals surface area contributed by atoms with E-state index in [9.17, 15) is 8.42 Å². The van der Waals surface area contributed by atoms with Gasteiger partial charge in [0.1, 0.15) is 0 Å². The minimum atomic E-state index is -3.50. The molecular weight excluding hydrogens is 258 g/mol. The van der Waals surface area contributed by atoms with Crippen molar-refractivity contribution in [1.82, 2.24) is 4.57 Å². The Morgan fingerprint density at radius 1 is 1.29 bits per heavy atom. The number of aryl methyl sites for hydroxylation is 2. The molecular formula is C12H14ClNO2S. The third kappa shape index (κ3) is 2.33. The number of hydrogen-bond acceptors (Lipinski definition) is 2. The predicted octanol–water partition coefficient (Wildman–Crippen LogP) is 2.86. The molecule has 0 aliphatic heterocycles. The molecule has 1 aromatic carbocycles. The molecule has 0 saturated carbocycles. The topological polar surface area (TPSA) is 39.1 Å². The molecule has 5 heteroatoms. The van der Waals surface area contributed by atoms with E-state index in [0.717, 1.165) is 10.9 Å². The van der Waals surface area contributed by atoms with Crippen LogP contribution in [0.1, 0.15) is 16.8 Å². The molecule has 0 spiro atoms. The second-order valence-corrected chi connectivity index (χ2v) is 7.08. The van der Waals surface area contributed by atoms with Crippen molar-refractivity contribution in [3.8, 4) is 0 Å². The third-order valence-electron chi connectivity index (χ3n) is 3.21. The zero-order valence-electron chi connectivity index (χ0n) is 9.99. The van der Waals surface area contributed by atoms with Crippen LogP contribution in [0.5, 0.6) is 0 Å². The molecule has 0 atom stereocenters. The maximum absolute atomic E-state index is 11.1. The van der Waals surface area contributed by atoms with Crippen LogP contribution in [0.4, 0.5) is 0 Å². The SMILES string of the molecule is Cc1c(C)n(C)c2cc(CS(=O)(=O)Cl)ccc12.